The Bertz CT molecular complexity index is 2080. The average Bonchev–Trinajstić information content (AvgIpc) is 3.38. The number of esters is 1. The molecule has 3 fully saturated rings. The monoisotopic (exact) mass is 1110 g/mol. The van der Waals surface area contributed by atoms with E-state index in [4.69, 9.17) is 28.4 Å². The van der Waals surface area contributed by atoms with Crippen LogP contribution in [0.1, 0.15) is 126 Å². The average molecular weight is 1110 g/mol. The molecule has 0 aromatic carbocycles. The molecule has 3 N–H and O–H groups in total. The van der Waals surface area contributed by atoms with Crippen LogP contribution in [0.2, 0.25) is 0 Å². The third-order valence-corrected chi connectivity index (χ3v) is 15.6. The van der Waals surface area contributed by atoms with Crippen molar-refractivity contribution in [3.8, 4) is 0 Å². The van der Waals surface area contributed by atoms with Crippen molar-refractivity contribution in [1.29, 1.82) is 0 Å². The quantitative estimate of drug-likeness (QED) is 0.0529. The molecule has 4 aliphatic rings. The van der Waals surface area contributed by atoms with Crippen LogP contribution in [0.25, 0.3) is 0 Å². The number of cyclic esters (lactones) is 1. The van der Waals surface area contributed by atoms with Gasteiger partial charge in [-0.25, -0.2) is 4.79 Å². The summed E-state index contributed by atoms with van der Waals surface area (Å²) in [5.74, 6) is -9.67. The van der Waals surface area contributed by atoms with E-state index in [-0.39, 0.29) is 87.5 Å². The lowest BCUT2D eigenvalue weighted by atomic mass is 9.78. The number of aliphatic hydroxyl groups is 3. The van der Waals surface area contributed by atoms with Gasteiger partial charge in [-0.2, -0.15) is 22.0 Å². The number of nitrogens with zero attached hydrogens (tertiary/aromatic N) is 1. The molecule has 0 aromatic heterocycles. The zero-order chi connectivity index (χ0) is 57.4. The first kappa shape index (κ1) is 65.7. The molecular weight excluding hydrogens is 1020 g/mol. The number of ketones is 3. The molecule has 2 bridgehead atoms. The summed E-state index contributed by atoms with van der Waals surface area (Å²) in [6.45, 7) is 9.91. The molecule has 3 heterocycles. The highest BCUT2D eigenvalue weighted by molar-refractivity contribution is 6.39. The molecule has 1 aliphatic carbocycles. The Labute approximate surface area is 450 Å². The fourth-order valence-corrected chi connectivity index (χ4v) is 10.9. The Hall–Kier alpha value is -3.80. The van der Waals surface area contributed by atoms with Gasteiger partial charge >= 0.3 is 18.3 Å². The molecule has 438 valence electrons. The number of halogens is 5. The zero-order valence-electron chi connectivity index (χ0n) is 46.1. The van der Waals surface area contributed by atoms with Gasteiger partial charge in [0.05, 0.1) is 50.8 Å². The zero-order valence-corrected chi connectivity index (χ0v) is 46.1. The first-order valence-electron chi connectivity index (χ1n) is 27.1. The predicted octanol–water partition coefficient (Wildman–Crippen LogP) is 7.74. The largest absolute Gasteiger partial charge is 0.482 e. The molecule has 3 aliphatic heterocycles. The number of allylic oxidation sites excluding steroid dienone is 6. The Morgan fingerprint density at radius 3 is 2.21 bits per heavy atom. The second-order valence-electron chi connectivity index (χ2n) is 21.7. The van der Waals surface area contributed by atoms with Gasteiger partial charge < -0.3 is 53.4 Å². The summed E-state index contributed by atoms with van der Waals surface area (Å²) < 4.78 is 105. The number of fused-ring (bicyclic) bond motifs is 3. The van der Waals surface area contributed by atoms with E-state index in [1.807, 2.05) is 19.9 Å². The Morgan fingerprint density at radius 2 is 1.55 bits per heavy atom. The maximum atomic E-state index is 14.5. The SMILES string of the molecule is CO[C@@H]1CC(C[C@@H](C)C2CC(=O)[C@H](C)/C=C(\C)[C@@H](O)[C@@H](OC)C(=O)[C@H](C)C[C@H](C)/C=C/C=C/C=C(\C)[C@@H](OCCOC(F)(F)C(F)(F)F)C[C@@H]3CC[C@@H](C)[C@@](O)(O3)C(=O)C(=O)N3CCCC[C@H]3C(=O)O2)CC[C@H]1OCCO. The van der Waals surface area contributed by atoms with Crippen LogP contribution in [0.4, 0.5) is 22.0 Å². The number of alkyl halides is 5. The van der Waals surface area contributed by atoms with Crippen molar-refractivity contribution in [3.63, 3.8) is 0 Å². The van der Waals surface area contributed by atoms with Crippen molar-refractivity contribution in [2.24, 2.45) is 35.5 Å². The number of ether oxygens (including phenoxy) is 7. The van der Waals surface area contributed by atoms with Gasteiger partial charge in [0.1, 0.15) is 30.1 Å². The van der Waals surface area contributed by atoms with E-state index in [1.165, 1.54) is 14.0 Å². The number of hydrogen-bond donors (Lipinski definition) is 3. The van der Waals surface area contributed by atoms with Crippen LogP contribution in [0.3, 0.4) is 0 Å². The molecule has 21 heteroatoms. The minimum atomic E-state index is -5.97. The van der Waals surface area contributed by atoms with E-state index in [0.717, 1.165) is 11.3 Å². The van der Waals surface area contributed by atoms with Gasteiger partial charge in [0, 0.05) is 51.4 Å². The first-order valence-corrected chi connectivity index (χ1v) is 27.1. The number of hydrogen-bond acceptors (Lipinski definition) is 15. The van der Waals surface area contributed by atoms with Gasteiger partial charge in [0.15, 0.2) is 5.78 Å². The number of aliphatic hydroxyl groups excluding tert-OH is 2. The van der Waals surface area contributed by atoms with Crippen molar-refractivity contribution in [1.82, 2.24) is 4.90 Å². The molecule has 4 rings (SSSR count). The molecule has 1 amide bonds. The topological polar surface area (TPSA) is 214 Å². The molecule has 0 aromatic rings. The molecule has 77 heavy (non-hydrogen) atoms. The van der Waals surface area contributed by atoms with E-state index >= 15 is 0 Å². The summed E-state index contributed by atoms with van der Waals surface area (Å²) in [4.78, 5) is 72.4. The predicted molar refractivity (Wildman–Crippen MR) is 272 cm³/mol. The second kappa shape index (κ2) is 30.1. The maximum absolute atomic E-state index is 14.5. The van der Waals surface area contributed by atoms with Crippen molar-refractivity contribution in [2.75, 3.05) is 47.2 Å². The lowest BCUT2D eigenvalue weighted by Crippen LogP contribution is -2.61. The first-order chi connectivity index (χ1) is 36.2. The third kappa shape index (κ3) is 18.4. The van der Waals surface area contributed by atoms with Crippen molar-refractivity contribution in [2.45, 2.75) is 192 Å². The molecular formula is C56H84F5NO15. The lowest BCUT2D eigenvalue weighted by Gasteiger charge is -2.43. The smallest absolute Gasteiger partial charge is 0.460 e. The van der Waals surface area contributed by atoms with Crippen LogP contribution < -0.4 is 0 Å². The number of methoxy groups -OCH3 is 2. The van der Waals surface area contributed by atoms with Crippen LogP contribution in [0.15, 0.2) is 47.6 Å². The number of carbonyl (C=O) groups is 5. The highest BCUT2D eigenvalue weighted by atomic mass is 19.4. The molecule has 16 nitrogen and oxygen atoms in total. The highest BCUT2D eigenvalue weighted by Gasteiger charge is 2.59. The number of piperidine rings is 1. The van der Waals surface area contributed by atoms with E-state index < -0.39 is 109 Å². The van der Waals surface area contributed by atoms with E-state index in [9.17, 15) is 61.2 Å². The van der Waals surface area contributed by atoms with Crippen molar-refractivity contribution in [3.05, 3.63) is 47.6 Å². The lowest BCUT2D eigenvalue weighted by molar-refractivity contribution is -0.392. The van der Waals surface area contributed by atoms with Crippen molar-refractivity contribution < 1.29 is 94.4 Å². The fourth-order valence-electron chi connectivity index (χ4n) is 10.9. The Balaban J connectivity index is 1.72. The summed E-state index contributed by atoms with van der Waals surface area (Å²) >= 11 is 0. The van der Waals surface area contributed by atoms with Gasteiger partial charge in [-0.05, 0) is 107 Å². The van der Waals surface area contributed by atoms with Crippen LogP contribution in [-0.4, -0.2) is 163 Å². The standard InChI is InChI=1S/C56H84F5NO15/c1-33-15-11-10-12-16-34(2)45(74-25-26-75-56(60,61)55(57,58)59)31-41-20-18-39(7)54(70,77-41)51(67)52(68)62-22-14-13-17-42(62)53(69)76-46(36(4)29-40-19-21-44(73-24-23-63)47(30-40)71-8)32-43(64)35(3)28-38(6)49(66)50(72-9)48(65)37(5)27-33/h10-12,15-16,28,33,35-37,39-42,44-47,49-50,63,66,70H,13-14,17-27,29-32H2,1-9H3/b12-10+,15-11+,34-16+,38-28+/t33-,35-,36-,37-,39-,40?,41+,42+,44-,45+,46?,47-,49-,50+,54-/m1/s1. The van der Waals surface area contributed by atoms with Gasteiger partial charge in [0.25, 0.3) is 11.7 Å². The van der Waals surface area contributed by atoms with E-state index in [0.29, 0.717) is 49.7 Å². The summed E-state index contributed by atoms with van der Waals surface area (Å²) in [6.07, 6.45) is -3.88. The second-order valence-corrected chi connectivity index (χ2v) is 21.7. The molecule has 0 spiro atoms. The number of Topliss-reactive ketones (excluding diaryl/α,β-unsaturated/α-hetero) is 3. The number of amides is 1. The molecule has 2 saturated heterocycles. The Morgan fingerprint density at radius 1 is 0.831 bits per heavy atom. The minimum absolute atomic E-state index is 0.0540. The van der Waals surface area contributed by atoms with Crippen LogP contribution >= 0.6 is 0 Å². The molecule has 0 radical (unpaired) electrons. The normalized spacial score (nSPS) is 36.5. The Kier molecular flexibility index (Phi) is 25.7. The molecule has 1 saturated carbocycles. The van der Waals surface area contributed by atoms with Crippen LogP contribution in [0.5, 0.6) is 0 Å². The van der Waals surface area contributed by atoms with Gasteiger partial charge in [-0.1, -0.05) is 71.1 Å². The summed E-state index contributed by atoms with van der Waals surface area (Å²) in [7, 11) is 2.90. The summed E-state index contributed by atoms with van der Waals surface area (Å²) in [5.41, 5.74) is 0.758. The van der Waals surface area contributed by atoms with Crippen molar-refractivity contribution >= 4 is 29.2 Å². The summed E-state index contributed by atoms with van der Waals surface area (Å²) in [6, 6.07) is -1.29. The van der Waals surface area contributed by atoms with E-state index in [2.05, 4.69) is 4.74 Å². The van der Waals surface area contributed by atoms with Crippen LogP contribution in [0, 0.1) is 35.5 Å². The van der Waals surface area contributed by atoms with Gasteiger partial charge in [-0.3, -0.25) is 19.2 Å². The number of rotatable bonds is 13. The maximum Gasteiger partial charge on any atom is 0.482 e. The minimum Gasteiger partial charge on any atom is -0.460 e. The van der Waals surface area contributed by atoms with E-state index in [1.54, 1.807) is 65.2 Å². The van der Waals surface area contributed by atoms with Gasteiger partial charge in [-0.15, -0.1) is 0 Å². The number of carbonyl (C=O) groups excluding carboxylic acids is 5. The fraction of sp³-hybridized carbons (Fsp3) is 0.768. The molecule has 15 atom stereocenters. The van der Waals surface area contributed by atoms with Gasteiger partial charge in [0.2, 0.25) is 5.79 Å². The highest BCUT2D eigenvalue weighted by Crippen LogP contribution is 2.39. The summed E-state index contributed by atoms with van der Waals surface area (Å²) in [5, 5.41) is 32.9. The molecule has 2 unspecified atom stereocenters. The third-order valence-electron chi connectivity index (χ3n) is 15.6. The van der Waals surface area contributed by atoms with Crippen LogP contribution in [-0.2, 0) is 57.1 Å².